The molecule has 96 valence electrons. The van der Waals surface area contributed by atoms with Crippen LogP contribution in [0.3, 0.4) is 0 Å². The summed E-state index contributed by atoms with van der Waals surface area (Å²) in [5.74, 6) is -0.495. The molecule has 1 aromatic heterocycles. The Hall–Kier alpha value is -2.76. The molecule has 1 aliphatic rings. The number of carbonyl (C=O) groups excluding carboxylic acids is 2. The molecule has 19 heavy (non-hydrogen) atoms. The minimum absolute atomic E-state index is 0.00519. The van der Waals surface area contributed by atoms with Gasteiger partial charge in [0.1, 0.15) is 12.2 Å². The molecule has 6 nitrogen and oxygen atoms in total. The number of nitrogen functional groups attached to an aromatic ring is 1. The lowest BCUT2D eigenvalue weighted by molar-refractivity contribution is -0.115. The molecule has 0 aliphatic carbocycles. The number of rotatable bonds is 1. The summed E-state index contributed by atoms with van der Waals surface area (Å²) >= 11 is 0. The van der Waals surface area contributed by atoms with Gasteiger partial charge in [0, 0.05) is 11.9 Å². The lowest BCUT2D eigenvalue weighted by atomic mass is 10.2. The number of amides is 2. The average molecular weight is 256 g/mol. The first-order valence-corrected chi connectivity index (χ1v) is 5.80. The number of para-hydroxylation sites is 2. The summed E-state index contributed by atoms with van der Waals surface area (Å²) in [6.07, 6.45) is 1.54. The smallest absolute Gasteiger partial charge is 0.275 e. The molecule has 6 heteroatoms. The third kappa shape index (κ3) is 1.93. The number of hydrogen-bond donors (Lipinski definition) is 3. The van der Waals surface area contributed by atoms with Crippen molar-refractivity contribution in [2.45, 2.75) is 0 Å². The Morgan fingerprint density at radius 3 is 2.84 bits per heavy atom. The van der Waals surface area contributed by atoms with Gasteiger partial charge in [0.2, 0.25) is 5.91 Å². The van der Waals surface area contributed by atoms with E-state index in [0.29, 0.717) is 22.8 Å². The molecule has 0 atom stereocenters. The first-order valence-electron chi connectivity index (χ1n) is 5.80. The number of nitrogens with two attached hydrogens (primary N) is 1. The van der Waals surface area contributed by atoms with Crippen molar-refractivity contribution in [1.82, 2.24) is 4.98 Å². The van der Waals surface area contributed by atoms with Crippen molar-refractivity contribution in [2.75, 3.05) is 22.5 Å². The molecule has 2 aromatic rings. The van der Waals surface area contributed by atoms with E-state index in [-0.39, 0.29) is 18.4 Å². The molecule has 3 rings (SSSR count). The molecule has 0 unspecified atom stereocenters. The molecule has 0 fully saturated rings. The van der Waals surface area contributed by atoms with E-state index in [1.165, 1.54) is 4.90 Å². The Labute approximate surface area is 109 Å². The van der Waals surface area contributed by atoms with Gasteiger partial charge in [-0.05, 0) is 18.2 Å². The molecule has 2 amide bonds. The van der Waals surface area contributed by atoms with Crippen molar-refractivity contribution in [1.29, 1.82) is 0 Å². The summed E-state index contributed by atoms with van der Waals surface area (Å²) in [5.41, 5.74) is 7.75. The third-order valence-corrected chi connectivity index (χ3v) is 2.95. The molecule has 0 saturated heterocycles. The Morgan fingerprint density at radius 1 is 1.32 bits per heavy atom. The van der Waals surface area contributed by atoms with Gasteiger partial charge < -0.3 is 16.0 Å². The largest absolute Gasteiger partial charge is 0.397 e. The van der Waals surface area contributed by atoms with Crippen molar-refractivity contribution in [3.05, 3.63) is 42.2 Å². The molecule has 0 radical (unpaired) electrons. The van der Waals surface area contributed by atoms with E-state index < -0.39 is 0 Å². The van der Waals surface area contributed by atoms with Crippen molar-refractivity contribution in [2.24, 2.45) is 0 Å². The van der Waals surface area contributed by atoms with Crippen LogP contribution < -0.4 is 16.0 Å². The summed E-state index contributed by atoms with van der Waals surface area (Å²) in [4.78, 5) is 28.2. The van der Waals surface area contributed by atoms with Crippen molar-refractivity contribution in [3.8, 4) is 0 Å². The normalized spacial score (nSPS) is 13.9. The molecule has 0 bridgehead atoms. The Balaban J connectivity index is 2.01. The number of aromatic nitrogens is 1. The van der Waals surface area contributed by atoms with Gasteiger partial charge in [0.15, 0.2) is 0 Å². The van der Waals surface area contributed by atoms with Gasteiger partial charge in [-0.15, -0.1) is 0 Å². The fourth-order valence-electron chi connectivity index (χ4n) is 2.09. The second kappa shape index (κ2) is 4.16. The van der Waals surface area contributed by atoms with Crippen molar-refractivity contribution < 1.29 is 9.59 Å². The van der Waals surface area contributed by atoms with Gasteiger partial charge in [0.25, 0.3) is 5.91 Å². The van der Waals surface area contributed by atoms with Gasteiger partial charge >= 0.3 is 0 Å². The number of fused-ring (bicyclic) bond motifs is 1. The highest BCUT2D eigenvalue weighted by Gasteiger charge is 2.27. The Bertz CT molecular complexity index is 662. The summed E-state index contributed by atoms with van der Waals surface area (Å²) in [5, 5.41) is 2.73. The standard InChI is InChI=1S/C13H12N4O2/c14-8-5-10(15-6-8)13(19)17-7-12(18)16-9-3-1-2-4-11(9)17/h1-6,15H,7,14H2,(H,16,18). The SMILES string of the molecule is Nc1c[nH]c(C(=O)N2CC(=O)Nc3ccccc32)c1. The monoisotopic (exact) mass is 256 g/mol. The molecule has 1 aromatic carbocycles. The first-order chi connectivity index (χ1) is 9.15. The summed E-state index contributed by atoms with van der Waals surface area (Å²) < 4.78 is 0. The van der Waals surface area contributed by atoms with Gasteiger partial charge in [-0.2, -0.15) is 0 Å². The van der Waals surface area contributed by atoms with E-state index in [1.807, 2.05) is 6.07 Å². The predicted octanol–water partition coefficient (Wildman–Crippen LogP) is 1.20. The highest BCUT2D eigenvalue weighted by Crippen LogP contribution is 2.29. The fourth-order valence-corrected chi connectivity index (χ4v) is 2.09. The minimum Gasteiger partial charge on any atom is -0.397 e. The Kier molecular flexibility index (Phi) is 2.49. The number of carbonyl (C=O) groups is 2. The maximum atomic E-state index is 12.4. The topological polar surface area (TPSA) is 91.2 Å². The second-order valence-electron chi connectivity index (χ2n) is 4.30. The molecular weight excluding hydrogens is 244 g/mol. The minimum atomic E-state index is -0.279. The lowest BCUT2D eigenvalue weighted by Crippen LogP contribution is -2.42. The van der Waals surface area contributed by atoms with Crippen LogP contribution in [-0.4, -0.2) is 23.3 Å². The highest BCUT2D eigenvalue weighted by atomic mass is 16.2. The van der Waals surface area contributed by atoms with Gasteiger partial charge in [-0.1, -0.05) is 12.1 Å². The quantitative estimate of drug-likeness (QED) is 0.715. The highest BCUT2D eigenvalue weighted by molar-refractivity contribution is 6.14. The van der Waals surface area contributed by atoms with Crippen LogP contribution in [0, 0.1) is 0 Å². The van der Waals surface area contributed by atoms with Gasteiger partial charge in [-0.25, -0.2) is 0 Å². The maximum Gasteiger partial charge on any atom is 0.275 e. The maximum absolute atomic E-state index is 12.4. The van der Waals surface area contributed by atoms with Gasteiger partial charge in [0.05, 0.1) is 11.4 Å². The number of benzene rings is 1. The van der Waals surface area contributed by atoms with Crippen LogP contribution in [-0.2, 0) is 4.79 Å². The molecule has 4 N–H and O–H groups in total. The molecule has 0 saturated carbocycles. The second-order valence-corrected chi connectivity index (χ2v) is 4.30. The van der Waals surface area contributed by atoms with E-state index in [2.05, 4.69) is 10.3 Å². The number of anilines is 3. The summed E-state index contributed by atoms with van der Waals surface area (Å²) in [6.45, 7) is -0.00519. The zero-order chi connectivity index (χ0) is 13.4. The summed E-state index contributed by atoms with van der Waals surface area (Å²) in [6, 6.07) is 8.73. The van der Waals surface area contributed by atoms with E-state index >= 15 is 0 Å². The van der Waals surface area contributed by atoms with Crippen LogP contribution in [0.5, 0.6) is 0 Å². The zero-order valence-electron chi connectivity index (χ0n) is 10.0. The fraction of sp³-hybridized carbons (Fsp3) is 0.0769. The van der Waals surface area contributed by atoms with Crippen LogP contribution >= 0.6 is 0 Å². The van der Waals surface area contributed by atoms with E-state index in [4.69, 9.17) is 5.73 Å². The average Bonchev–Trinajstić information content (AvgIpc) is 2.83. The van der Waals surface area contributed by atoms with Crippen molar-refractivity contribution in [3.63, 3.8) is 0 Å². The molecule has 1 aliphatic heterocycles. The van der Waals surface area contributed by atoms with Crippen LogP contribution in [0.25, 0.3) is 0 Å². The van der Waals surface area contributed by atoms with Gasteiger partial charge in [-0.3, -0.25) is 14.5 Å². The van der Waals surface area contributed by atoms with Crippen LogP contribution in [0.15, 0.2) is 36.5 Å². The number of nitrogens with one attached hydrogen (secondary N) is 2. The van der Waals surface area contributed by atoms with Crippen LogP contribution in [0.2, 0.25) is 0 Å². The van der Waals surface area contributed by atoms with Crippen molar-refractivity contribution >= 4 is 28.9 Å². The molecule has 0 spiro atoms. The molecule has 2 heterocycles. The number of H-pyrrole nitrogens is 1. The Morgan fingerprint density at radius 2 is 2.11 bits per heavy atom. The third-order valence-electron chi connectivity index (χ3n) is 2.95. The number of nitrogens with zero attached hydrogens (tertiary/aromatic N) is 1. The van der Waals surface area contributed by atoms with E-state index in [9.17, 15) is 9.59 Å². The van der Waals surface area contributed by atoms with Crippen LogP contribution in [0.4, 0.5) is 17.1 Å². The summed E-state index contributed by atoms with van der Waals surface area (Å²) in [7, 11) is 0. The zero-order valence-corrected chi connectivity index (χ0v) is 10.0. The number of aromatic amines is 1. The number of hydrogen-bond acceptors (Lipinski definition) is 3. The van der Waals surface area contributed by atoms with E-state index in [1.54, 1.807) is 30.5 Å². The molecular formula is C13H12N4O2. The lowest BCUT2D eigenvalue weighted by Gasteiger charge is -2.28. The first kappa shape index (κ1) is 11.3. The van der Waals surface area contributed by atoms with Crippen LogP contribution in [0.1, 0.15) is 10.5 Å². The van der Waals surface area contributed by atoms with E-state index in [0.717, 1.165) is 0 Å². The predicted molar refractivity (Wildman–Crippen MR) is 72.0 cm³/mol.